The molecule has 0 aromatic carbocycles. The fourth-order valence-electron chi connectivity index (χ4n) is 2.27. The fraction of sp³-hybridized carbons (Fsp3) is 0.538. The number of nitrogens with zero attached hydrogens (tertiary/aromatic N) is 1. The molecule has 5 atom stereocenters. The lowest BCUT2D eigenvalue weighted by Crippen LogP contribution is -2.46. The van der Waals surface area contributed by atoms with Crippen LogP contribution in [0.2, 0.25) is 0 Å². The number of hydrogen-bond donors (Lipinski definition) is 3. The van der Waals surface area contributed by atoms with E-state index in [1.54, 1.807) is 0 Å². The summed E-state index contributed by atoms with van der Waals surface area (Å²) in [6.45, 7) is 0.873. The fourth-order valence-corrected chi connectivity index (χ4v) is 2.99. The van der Waals surface area contributed by atoms with Crippen molar-refractivity contribution in [1.29, 1.82) is 0 Å². The van der Waals surface area contributed by atoms with Crippen molar-refractivity contribution in [2.45, 2.75) is 31.5 Å². The Morgan fingerprint density at radius 2 is 2.17 bits per heavy atom. The van der Waals surface area contributed by atoms with Crippen LogP contribution in [0.3, 0.4) is 0 Å². The number of hydrogen-bond acceptors (Lipinski definition) is 8. The van der Waals surface area contributed by atoms with Gasteiger partial charge >= 0.3 is 0 Å². The number of phosphoric acid groups is 1. The highest BCUT2D eigenvalue weighted by molar-refractivity contribution is 7.45. The lowest BCUT2D eigenvalue weighted by molar-refractivity contribution is -0.765. The average Bonchev–Trinajstić information content (AvgIpc) is 2.81. The Morgan fingerprint density at radius 3 is 2.79 bits per heavy atom. The van der Waals surface area contributed by atoms with Crippen molar-refractivity contribution in [3.8, 4) is 0 Å². The second-order valence-corrected chi connectivity index (χ2v) is 6.52. The number of aromatic nitrogens is 1. The zero-order valence-corrected chi connectivity index (χ0v) is 13.7. The average molecular weight is 362 g/mol. The van der Waals surface area contributed by atoms with Crippen LogP contribution >= 0.6 is 7.82 Å². The zero-order chi connectivity index (χ0) is 17.9. The van der Waals surface area contributed by atoms with Gasteiger partial charge < -0.3 is 34.6 Å². The van der Waals surface area contributed by atoms with E-state index in [-0.39, 0.29) is 12.2 Å². The van der Waals surface area contributed by atoms with Crippen LogP contribution in [0.25, 0.3) is 0 Å². The van der Waals surface area contributed by atoms with Crippen molar-refractivity contribution in [3.05, 3.63) is 30.1 Å². The van der Waals surface area contributed by atoms with Crippen LogP contribution in [-0.2, 0) is 18.3 Å². The number of phosphoric ester groups is 1. The standard InChI is InChI=1S/C13H19N2O8P/c1-2-21-24(19,20)22-7-9-10(16)11(17)13(23-9)15-5-3-4-8(6-15)12(14)18/h3-6,9-11,13,16-17H,2,7H2,1H3,(H2-,14,18,19,20)/t9?,10-,11-,13?/m1/s1. The van der Waals surface area contributed by atoms with E-state index in [1.165, 1.54) is 36.0 Å². The van der Waals surface area contributed by atoms with Gasteiger partial charge in [-0.1, -0.05) is 0 Å². The van der Waals surface area contributed by atoms with Gasteiger partial charge in [-0.2, -0.15) is 4.57 Å². The molecule has 1 amide bonds. The minimum absolute atomic E-state index is 0.0874. The monoisotopic (exact) mass is 362 g/mol. The van der Waals surface area contributed by atoms with Gasteiger partial charge in [-0.15, -0.1) is 0 Å². The topological polar surface area (TPSA) is 155 Å². The molecule has 1 aliphatic rings. The molecule has 1 aromatic rings. The summed E-state index contributed by atoms with van der Waals surface area (Å²) in [6.07, 6.45) is -2.02. The number of primary amides is 1. The number of aliphatic hydroxyl groups excluding tert-OH is 2. The number of nitrogens with two attached hydrogens (primary N) is 1. The molecule has 1 saturated heterocycles. The Bertz CT molecular complexity index is 642. The van der Waals surface area contributed by atoms with Gasteiger partial charge in [0.05, 0.1) is 13.2 Å². The third-order valence-corrected chi connectivity index (χ3v) is 4.46. The molecule has 1 aromatic heterocycles. The van der Waals surface area contributed by atoms with Crippen molar-refractivity contribution in [1.82, 2.24) is 0 Å². The van der Waals surface area contributed by atoms with Crippen LogP contribution in [0, 0.1) is 0 Å². The van der Waals surface area contributed by atoms with Gasteiger partial charge in [0.25, 0.3) is 20.0 Å². The molecule has 11 heteroatoms. The highest BCUT2D eigenvalue weighted by Crippen LogP contribution is 2.39. The largest absolute Gasteiger partial charge is 0.756 e. The number of carbonyl (C=O) groups excluding carboxylic acids is 1. The molecular weight excluding hydrogens is 343 g/mol. The van der Waals surface area contributed by atoms with Crippen LogP contribution in [0.4, 0.5) is 0 Å². The van der Waals surface area contributed by atoms with E-state index in [4.69, 9.17) is 10.5 Å². The van der Waals surface area contributed by atoms with Crippen molar-refractivity contribution in [2.75, 3.05) is 13.2 Å². The molecule has 3 unspecified atom stereocenters. The summed E-state index contributed by atoms with van der Waals surface area (Å²) in [4.78, 5) is 22.6. The highest BCUT2D eigenvalue weighted by atomic mass is 31.2. The Morgan fingerprint density at radius 1 is 1.46 bits per heavy atom. The number of ether oxygens (including phenoxy) is 1. The number of aliphatic hydroxyl groups is 2. The summed E-state index contributed by atoms with van der Waals surface area (Å²) in [5.41, 5.74) is 5.37. The summed E-state index contributed by atoms with van der Waals surface area (Å²) in [6, 6.07) is 3.00. The quantitative estimate of drug-likeness (QED) is 0.379. The van der Waals surface area contributed by atoms with Crippen molar-refractivity contribution in [2.24, 2.45) is 5.73 Å². The molecule has 4 N–H and O–H groups in total. The predicted octanol–water partition coefficient (Wildman–Crippen LogP) is -1.79. The van der Waals surface area contributed by atoms with Gasteiger partial charge in [-0.25, -0.2) is 0 Å². The lowest BCUT2D eigenvalue weighted by atomic mass is 10.1. The number of carbonyl (C=O) groups is 1. The Kier molecular flexibility index (Phi) is 6.05. The van der Waals surface area contributed by atoms with Crippen molar-refractivity contribution in [3.63, 3.8) is 0 Å². The number of amides is 1. The summed E-state index contributed by atoms with van der Waals surface area (Å²) in [5.74, 6) is -0.665. The smallest absolute Gasteiger partial charge is 0.292 e. The van der Waals surface area contributed by atoms with Crippen LogP contribution < -0.4 is 15.2 Å². The second-order valence-electron chi connectivity index (χ2n) is 5.11. The van der Waals surface area contributed by atoms with Gasteiger partial charge in [-0.05, 0) is 13.0 Å². The first-order chi connectivity index (χ1) is 11.2. The molecule has 2 heterocycles. The summed E-state index contributed by atoms with van der Waals surface area (Å²) in [5, 5.41) is 20.1. The first-order valence-electron chi connectivity index (χ1n) is 7.17. The molecule has 0 bridgehead atoms. The Balaban J connectivity index is 2.08. The first kappa shape index (κ1) is 18.9. The van der Waals surface area contributed by atoms with Gasteiger partial charge in [0.2, 0.25) is 0 Å². The van der Waals surface area contributed by atoms with Gasteiger partial charge in [0.1, 0.15) is 17.8 Å². The maximum atomic E-state index is 11.4. The Hall–Kier alpha value is -1.39. The number of pyridine rings is 1. The SMILES string of the molecule is CCOP(=O)([O-])OCC1OC([n+]2cccc(C(N)=O)c2)[C@H](O)[C@@H]1O. The maximum absolute atomic E-state index is 11.4. The van der Waals surface area contributed by atoms with E-state index < -0.39 is 44.9 Å². The van der Waals surface area contributed by atoms with Crippen LogP contribution in [0.5, 0.6) is 0 Å². The summed E-state index contributed by atoms with van der Waals surface area (Å²) < 4.78 is 27.2. The van der Waals surface area contributed by atoms with Gasteiger partial charge in [0.15, 0.2) is 18.5 Å². The molecule has 1 fully saturated rings. The molecule has 0 spiro atoms. The molecule has 10 nitrogen and oxygen atoms in total. The highest BCUT2D eigenvalue weighted by Gasteiger charge is 2.48. The number of rotatable bonds is 7. The predicted molar refractivity (Wildman–Crippen MR) is 76.3 cm³/mol. The molecule has 0 saturated carbocycles. The van der Waals surface area contributed by atoms with E-state index in [2.05, 4.69) is 9.05 Å². The van der Waals surface area contributed by atoms with E-state index in [0.29, 0.717) is 0 Å². The molecular formula is C13H19N2O8P. The Labute approximate surface area is 138 Å². The van der Waals surface area contributed by atoms with Gasteiger partial charge in [-0.3, -0.25) is 9.36 Å². The van der Waals surface area contributed by atoms with E-state index in [9.17, 15) is 24.5 Å². The van der Waals surface area contributed by atoms with Crippen LogP contribution in [0.15, 0.2) is 24.5 Å². The normalized spacial score (nSPS) is 29.3. The third-order valence-electron chi connectivity index (χ3n) is 3.42. The maximum Gasteiger partial charge on any atom is 0.292 e. The molecule has 134 valence electrons. The van der Waals surface area contributed by atoms with Crippen molar-refractivity contribution < 1.29 is 42.8 Å². The minimum atomic E-state index is -4.49. The van der Waals surface area contributed by atoms with Crippen LogP contribution in [0.1, 0.15) is 23.5 Å². The molecule has 2 rings (SSSR count). The summed E-state index contributed by atoms with van der Waals surface area (Å²) in [7, 11) is -4.49. The van der Waals surface area contributed by atoms with Crippen molar-refractivity contribution >= 4 is 13.7 Å². The third kappa shape index (κ3) is 4.37. The first-order valence-corrected chi connectivity index (χ1v) is 8.63. The molecule has 0 aliphatic carbocycles. The second kappa shape index (κ2) is 7.66. The van der Waals surface area contributed by atoms with E-state index in [1.807, 2.05) is 0 Å². The molecule has 24 heavy (non-hydrogen) atoms. The minimum Gasteiger partial charge on any atom is -0.756 e. The zero-order valence-electron chi connectivity index (χ0n) is 12.8. The van der Waals surface area contributed by atoms with Gasteiger partial charge in [0, 0.05) is 6.07 Å². The summed E-state index contributed by atoms with van der Waals surface area (Å²) >= 11 is 0. The van der Waals surface area contributed by atoms with Crippen LogP contribution in [-0.4, -0.2) is 47.6 Å². The lowest BCUT2D eigenvalue weighted by Gasteiger charge is -2.24. The molecule has 1 aliphatic heterocycles. The van der Waals surface area contributed by atoms with E-state index >= 15 is 0 Å². The van der Waals surface area contributed by atoms with E-state index in [0.717, 1.165) is 0 Å². The molecule has 0 radical (unpaired) electrons.